The van der Waals surface area contributed by atoms with E-state index in [1.54, 1.807) is 0 Å². The summed E-state index contributed by atoms with van der Waals surface area (Å²) in [6, 6.07) is 12.9. The summed E-state index contributed by atoms with van der Waals surface area (Å²) in [5.41, 5.74) is 1.29. The molecule has 0 radical (unpaired) electrons. The molecule has 23 heavy (non-hydrogen) atoms. The third kappa shape index (κ3) is 5.54. The highest BCUT2D eigenvalue weighted by Gasteiger charge is 2.09. The van der Waals surface area contributed by atoms with Crippen molar-refractivity contribution in [1.82, 2.24) is 5.32 Å². The fraction of sp³-hybridized carbons (Fsp3) is 0.524. The van der Waals surface area contributed by atoms with Crippen molar-refractivity contribution in [1.29, 1.82) is 0 Å². The van der Waals surface area contributed by atoms with Crippen molar-refractivity contribution >= 4 is 10.8 Å². The van der Waals surface area contributed by atoms with Crippen molar-refractivity contribution in [3.63, 3.8) is 0 Å². The SMILES string of the molecule is CCCCCCNCc1c(OCC(C)C)ccc2ccccc12. The molecule has 0 aliphatic rings. The highest BCUT2D eigenvalue weighted by atomic mass is 16.5. The lowest BCUT2D eigenvalue weighted by Crippen LogP contribution is -2.16. The molecule has 2 aromatic rings. The summed E-state index contributed by atoms with van der Waals surface area (Å²) in [6.07, 6.45) is 5.19. The minimum atomic E-state index is 0.538. The molecule has 0 bridgehead atoms. The molecule has 0 aliphatic carbocycles. The standard InChI is InChI=1S/C21H31NO/c1-4-5-6-9-14-22-15-20-19-11-8-7-10-18(19)12-13-21(20)23-16-17(2)3/h7-8,10-13,17,22H,4-6,9,14-16H2,1-3H3. The fourth-order valence-corrected chi connectivity index (χ4v) is 2.78. The van der Waals surface area contributed by atoms with E-state index in [2.05, 4.69) is 62.5 Å². The van der Waals surface area contributed by atoms with Gasteiger partial charge in [-0.25, -0.2) is 0 Å². The number of hydrogen-bond acceptors (Lipinski definition) is 2. The lowest BCUT2D eigenvalue weighted by molar-refractivity contribution is 0.268. The van der Waals surface area contributed by atoms with Gasteiger partial charge in [-0.05, 0) is 35.7 Å². The summed E-state index contributed by atoms with van der Waals surface area (Å²) in [4.78, 5) is 0. The maximum Gasteiger partial charge on any atom is 0.124 e. The van der Waals surface area contributed by atoms with Crippen LogP contribution in [0.2, 0.25) is 0 Å². The Kier molecular flexibility index (Phi) is 7.41. The summed E-state index contributed by atoms with van der Waals surface area (Å²) in [5.74, 6) is 1.56. The Bertz CT molecular complexity index is 591. The molecule has 0 unspecified atom stereocenters. The quantitative estimate of drug-likeness (QED) is 0.581. The predicted octanol–water partition coefficient (Wildman–Crippen LogP) is 5.54. The highest BCUT2D eigenvalue weighted by Crippen LogP contribution is 2.28. The highest BCUT2D eigenvalue weighted by molar-refractivity contribution is 5.87. The van der Waals surface area contributed by atoms with E-state index in [4.69, 9.17) is 4.74 Å². The number of rotatable bonds is 10. The van der Waals surface area contributed by atoms with E-state index in [1.165, 1.54) is 42.0 Å². The van der Waals surface area contributed by atoms with Crippen LogP contribution >= 0.6 is 0 Å². The van der Waals surface area contributed by atoms with Gasteiger partial charge in [0.1, 0.15) is 5.75 Å². The molecular weight excluding hydrogens is 282 g/mol. The Hall–Kier alpha value is -1.54. The lowest BCUT2D eigenvalue weighted by Gasteiger charge is -2.16. The van der Waals surface area contributed by atoms with Gasteiger partial charge in [-0.3, -0.25) is 0 Å². The van der Waals surface area contributed by atoms with E-state index >= 15 is 0 Å². The van der Waals surface area contributed by atoms with Crippen LogP contribution in [0.25, 0.3) is 10.8 Å². The van der Waals surface area contributed by atoms with E-state index in [0.717, 1.165) is 25.4 Å². The largest absolute Gasteiger partial charge is 0.493 e. The number of fused-ring (bicyclic) bond motifs is 1. The molecule has 0 amide bonds. The zero-order valence-electron chi connectivity index (χ0n) is 14.9. The van der Waals surface area contributed by atoms with Crippen molar-refractivity contribution in [3.8, 4) is 5.75 Å². The van der Waals surface area contributed by atoms with Gasteiger partial charge in [0.2, 0.25) is 0 Å². The monoisotopic (exact) mass is 313 g/mol. The minimum absolute atomic E-state index is 0.538. The van der Waals surface area contributed by atoms with Gasteiger partial charge in [0.15, 0.2) is 0 Å². The Balaban J connectivity index is 2.08. The van der Waals surface area contributed by atoms with Crippen LogP contribution in [0.5, 0.6) is 5.75 Å². The average Bonchev–Trinajstić information content (AvgIpc) is 2.56. The fourth-order valence-electron chi connectivity index (χ4n) is 2.78. The third-order valence-electron chi connectivity index (χ3n) is 4.08. The minimum Gasteiger partial charge on any atom is -0.493 e. The molecule has 0 saturated carbocycles. The lowest BCUT2D eigenvalue weighted by atomic mass is 10.0. The van der Waals surface area contributed by atoms with E-state index < -0.39 is 0 Å². The first-order valence-electron chi connectivity index (χ1n) is 9.06. The first-order chi connectivity index (χ1) is 11.2. The topological polar surface area (TPSA) is 21.3 Å². The molecule has 1 N–H and O–H groups in total. The zero-order chi connectivity index (χ0) is 16.5. The van der Waals surface area contributed by atoms with Crippen LogP contribution in [0.1, 0.15) is 52.0 Å². The normalized spacial score (nSPS) is 11.3. The van der Waals surface area contributed by atoms with E-state index in [0.29, 0.717) is 5.92 Å². The molecule has 0 spiro atoms. The molecule has 0 heterocycles. The van der Waals surface area contributed by atoms with Gasteiger partial charge < -0.3 is 10.1 Å². The summed E-state index contributed by atoms with van der Waals surface area (Å²) < 4.78 is 6.06. The maximum atomic E-state index is 6.06. The second-order valence-electron chi connectivity index (χ2n) is 6.71. The molecule has 126 valence electrons. The van der Waals surface area contributed by atoms with Crippen LogP contribution in [-0.4, -0.2) is 13.2 Å². The number of unbranched alkanes of at least 4 members (excludes halogenated alkanes) is 3. The molecule has 0 aliphatic heterocycles. The third-order valence-corrected chi connectivity index (χ3v) is 4.08. The van der Waals surface area contributed by atoms with Crippen molar-refractivity contribution in [3.05, 3.63) is 42.0 Å². The van der Waals surface area contributed by atoms with Crippen LogP contribution in [0.15, 0.2) is 36.4 Å². The van der Waals surface area contributed by atoms with E-state index in [-0.39, 0.29) is 0 Å². The number of hydrogen-bond donors (Lipinski definition) is 1. The molecular formula is C21H31NO. The van der Waals surface area contributed by atoms with Gasteiger partial charge >= 0.3 is 0 Å². The van der Waals surface area contributed by atoms with Crippen LogP contribution in [-0.2, 0) is 6.54 Å². The maximum absolute atomic E-state index is 6.06. The summed E-state index contributed by atoms with van der Waals surface area (Å²) in [6.45, 7) is 9.34. The van der Waals surface area contributed by atoms with Crippen molar-refractivity contribution < 1.29 is 4.74 Å². The summed E-state index contributed by atoms with van der Waals surface area (Å²) in [5, 5.41) is 6.19. The first-order valence-corrected chi connectivity index (χ1v) is 9.06. The molecule has 0 saturated heterocycles. The molecule has 2 aromatic carbocycles. The number of ether oxygens (including phenoxy) is 1. The molecule has 0 atom stereocenters. The summed E-state index contributed by atoms with van der Waals surface area (Å²) in [7, 11) is 0. The Morgan fingerprint density at radius 2 is 1.83 bits per heavy atom. The van der Waals surface area contributed by atoms with Crippen molar-refractivity contribution in [2.24, 2.45) is 5.92 Å². The first kappa shape index (κ1) is 17.8. The Labute approximate surface area is 141 Å². The molecule has 0 aromatic heterocycles. The Morgan fingerprint density at radius 1 is 1.00 bits per heavy atom. The van der Waals surface area contributed by atoms with Gasteiger partial charge in [0, 0.05) is 12.1 Å². The van der Waals surface area contributed by atoms with Gasteiger partial charge in [0.05, 0.1) is 6.61 Å². The van der Waals surface area contributed by atoms with Gasteiger partial charge in [-0.1, -0.05) is 70.4 Å². The molecule has 2 heteroatoms. The number of benzene rings is 2. The second kappa shape index (κ2) is 9.57. The van der Waals surface area contributed by atoms with Crippen LogP contribution in [0.4, 0.5) is 0 Å². The smallest absolute Gasteiger partial charge is 0.124 e. The van der Waals surface area contributed by atoms with Crippen LogP contribution in [0.3, 0.4) is 0 Å². The predicted molar refractivity (Wildman–Crippen MR) is 100 cm³/mol. The zero-order valence-corrected chi connectivity index (χ0v) is 14.9. The second-order valence-corrected chi connectivity index (χ2v) is 6.71. The average molecular weight is 313 g/mol. The van der Waals surface area contributed by atoms with Crippen molar-refractivity contribution in [2.45, 2.75) is 53.0 Å². The van der Waals surface area contributed by atoms with E-state index in [9.17, 15) is 0 Å². The molecule has 0 fully saturated rings. The number of nitrogens with one attached hydrogen (secondary N) is 1. The van der Waals surface area contributed by atoms with Gasteiger partial charge in [-0.15, -0.1) is 0 Å². The Morgan fingerprint density at radius 3 is 2.61 bits per heavy atom. The van der Waals surface area contributed by atoms with Gasteiger partial charge in [0.25, 0.3) is 0 Å². The van der Waals surface area contributed by atoms with Crippen LogP contribution < -0.4 is 10.1 Å². The van der Waals surface area contributed by atoms with Crippen LogP contribution in [0, 0.1) is 5.92 Å². The van der Waals surface area contributed by atoms with E-state index in [1.807, 2.05) is 0 Å². The molecule has 2 nitrogen and oxygen atoms in total. The van der Waals surface area contributed by atoms with Gasteiger partial charge in [-0.2, -0.15) is 0 Å². The molecule has 2 rings (SSSR count). The van der Waals surface area contributed by atoms with Crippen molar-refractivity contribution in [2.75, 3.05) is 13.2 Å². The summed E-state index contributed by atoms with van der Waals surface area (Å²) >= 11 is 0.